The molecule has 0 N–H and O–H groups in total. The van der Waals surface area contributed by atoms with Crippen molar-refractivity contribution in [2.24, 2.45) is 0 Å². The highest BCUT2D eigenvalue weighted by Gasteiger charge is 2.12. The van der Waals surface area contributed by atoms with Gasteiger partial charge in [0.15, 0.2) is 0 Å². The number of hydrogen-bond donors (Lipinski definition) is 0. The Hall–Kier alpha value is -0.830. The number of carbonyl (C=O) groups excluding carboxylic acids is 1. The van der Waals surface area contributed by atoms with Crippen LogP contribution in [0.4, 0.5) is 5.69 Å². The zero-order chi connectivity index (χ0) is 11.1. The number of rotatable bonds is 5. The Morgan fingerprint density at radius 3 is 2.53 bits per heavy atom. The molecule has 0 radical (unpaired) electrons. The first kappa shape index (κ1) is 12.2. The SMILES string of the molecule is CCCCN(C(=O)CBr)c1ccccc1. The van der Waals surface area contributed by atoms with E-state index in [1.54, 1.807) is 0 Å². The number of hydrogen-bond acceptors (Lipinski definition) is 1. The fourth-order valence-electron chi connectivity index (χ4n) is 1.39. The molecule has 0 aromatic heterocycles. The summed E-state index contributed by atoms with van der Waals surface area (Å²) >= 11 is 3.21. The van der Waals surface area contributed by atoms with Gasteiger partial charge in [-0.15, -0.1) is 0 Å². The minimum Gasteiger partial charge on any atom is -0.312 e. The highest BCUT2D eigenvalue weighted by atomic mass is 79.9. The van der Waals surface area contributed by atoms with Gasteiger partial charge in [0.1, 0.15) is 0 Å². The molecule has 2 nitrogen and oxygen atoms in total. The molecular formula is C12H16BrNO. The fraction of sp³-hybridized carbons (Fsp3) is 0.417. The average molecular weight is 270 g/mol. The van der Waals surface area contributed by atoms with Crippen molar-refractivity contribution in [3.8, 4) is 0 Å². The molecule has 0 spiro atoms. The summed E-state index contributed by atoms with van der Waals surface area (Å²) in [5, 5.41) is 0.381. The van der Waals surface area contributed by atoms with Crippen molar-refractivity contribution >= 4 is 27.5 Å². The van der Waals surface area contributed by atoms with Crippen molar-refractivity contribution in [1.82, 2.24) is 0 Å². The highest BCUT2D eigenvalue weighted by Crippen LogP contribution is 2.14. The second-order valence-corrected chi connectivity index (χ2v) is 3.93. The molecule has 0 heterocycles. The van der Waals surface area contributed by atoms with Gasteiger partial charge in [0.05, 0.1) is 5.33 Å². The summed E-state index contributed by atoms with van der Waals surface area (Å²) in [6.45, 7) is 2.92. The van der Waals surface area contributed by atoms with E-state index in [0.717, 1.165) is 25.1 Å². The first-order valence-electron chi connectivity index (χ1n) is 5.21. The van der Waals surface area contributed by atoms with Crippen molar-refractivity contribution in [3.63, 3.8) is 0 Å². The Morgan fingerprint density at radius 1 is 1.33 bits per heavy atom. The van der Waals surface area contributed by atoms with Gasteiger partial charge in [0.2, 0.25) is 5.91 Å². The summed E-state index contributed by atoms with van der Waals surface area (Å²) < 4.78 is 0. The van der Waals surface area contributed by atoms with Crippen molar-refractivity contribution in [2.75, 3.05) is 16.8 Å². The summed E-state index contributed by atoms with van der Waals surface area (Å²) in [6, 6.07) is 9.80. The molecule has 82 valence electrons. The summed E-state index contributed by atoms with van der Waals surface area (Å²) in [5.41, 5.74) is 0.982. The van der Waals surface area contributed by atoms with Crippen LogP contribution in [0.3, 0.4) is 0 Å². The molecule has 15 heavy (non-hydrogen) atoms. The standard InChI is InChI=1S/C12H16BrNO/c1-2-3-9-14(12(15)10-13)11-7-5-4-6-8-11/h4-8H,2-3,9-10H2,1H3. The average Bonchev–Trinajstić information content (AvgIpc) is 2.30. The van der Waals surface area contributed by atoms with E-state index in [2.05, 4.69) is 22.9 Å². The first-order valence-corrected chi connectivity index (χ1v) is 6.33. The topological polar surface area (TPSA) is 20.3 Å². The van der Waals surface area contributed by atoms with Gasteiger partial charge in [0, 0.05) is 12.2 Å². The molecule has 0 fully saturated rings. The lowest BCUT2D eigenvalue weighted by atomic mass is 10.2. The fourth-order valence-corrected chi connectivity index (χ4v) is 1.70. The molecular weight excluding hydrogens is 254 g/mol. The summed E-state index contributed by atoms with van der Waals surface area (Å²) in [5.74, 6) is 0.120. The molecule has 0 atom stereocenters. The number of amides is 1. The third kappa shape index (κ3) is 3.67. The Balaban J connectivity index is 2.76. The van der Waals surface area contributed by atoms with E-state index in [0.29, 0.717) is 5.33 Å². The zero-order valence-corrected chi connectivity index (χ0v) is 10.5. The van der Waals surface area contributed by atoms with Crippen LogP contribution in [0.2, 0.25) is 0 Å². The van der Waals surface area contributed by atoms with E-state index < -0.39 is 0 Å². The zero-order valence-electron chi connectivity index (χ0n) is 8.95. The molecule has 1 aromatic rings. The minimum absolute atomic E-state index is 0.120. The maximum atomic E-state index is 11.7. The predicted molar refractivity (Wildman–Crippen MR) is 67.5 cm³/mol. The van der Waals surface area contributed by atoms with Gasteiger partial charge >= 0.3 is 0 Å². The monoisotopic (exact) mass is 269 g/mol. The van der Waals surface area contributed by atoms with Gasteiger partial charge in [0.25, 0.3) is 0 Å². The number of unbranched alkanes of at least 4 members (excludes halogenated alkanes) is 1. The van der Waals surface area contributed by atoms with Gasteiger partial charge in [-0.25, -0.2) is 0 Å². The Morgan fingerprint density at radius 2 is 2.00 bits per heavy atom. The van der Waals surface area contributed by atoms with E-state index in [-0.39, 0.29) is 5.91 Å². The molecule has 0 aliphatic heterocycles. The van der Waals surface area contributed by atoms with E-state index >= 15 is 0 Å². The molecule has 0 aliphatic rings. The summed E-state index contributed by atoms with van der Waals surface area (Å²) in [6.07, 6.45) is 2.13. The van der Waals surface area contributed by atoms with Crippen molar-refractivity contribution in [2.45, 2.75) is 19.8 Å². The lowest BCUT2D eigenvalue weighted by Crippen LogP contribution is -2.32. The molecule has 0 saturated carbocycles. The van der Waals surface area contributed by atoms with E-state index in [1.807, 2.05) is 35.2 Å². The number of benzene rings is 1. The van der Waals surface area contributed by atoms with E-state index in [4.69, 9.17) is 0 Å². The second kappa shape index (κ2) is 6.62. The van der Waals surface area contributed by atoms with Gasteiger partial charge in [-0.05, 0) is 18.6 Å². The first-order chi connectivity index (χ1) is 7.29. The maximum Gasteiger partial charge on any atom is 0.237 e. The molecule has 0 bridgehead atoms. The van der Waals surface area contributed by atoms with Crippen LogP contribution in [0.1, 0.15) is 19.8 Å². The van der Waals surface area contributed by atoms with E-state index in [1.165, 1.54) is 0 Å². The summed E-state index contributed by atoms with van der Waals surface area (Å²) in [4.78, 5) is 13.5. The van der Waals surface area contributed by atoms with Crippen molar-refractivity contribution in [1.29, 1.82) is 0 Å². The van der Waals surface area contributed by atoms with Crippen molar-refractivity contribution < 1.29 is 4.79 Å². The molecule has 0 unspecified atom stereocenters. The Labute approximate surface area is 99.4 Å². The van der Waals surface area contributed by atoms with Crippen LogP contribution in [-0.2, 0) is 4.79 Å². The number of alkyl halides is 1. The maximum absolute atomic E-state index is 11.7. The van der Waals surface area contributed by atoms with Gasteiger partial charge in [-0.2, -0.15) is 0 Å². The Bertz CT molecular complexity index is 300. The van der Waals surface area contributed by atoms with Crippen LogP contribution in [0.5, 0.6) is 0 Å². The molecule has 1 aromatic carbocycles. The molecule has 0 saturated heterocycles. The van der Waals surface area contributed by atoms with Gasteiger partial charge in [-0.3, -0.25) is 4.79 Å². The second-order valence-electron chi connectivity index (χ2n) is 3.37. The molecule has 1 rings (SSSR count). The van der Waals surface area contributed by atoms with Crippen LogP contribution in [-0.4, -0.2) is 17.8 Å². The van der Waals surface area contributed by atoms with Gasteiger partial charge < -0.3 is 4.90 Å². The third-order valence-electron chi connectivity index (χ3n) is 2.22. The van der Waals surface area contributed by atoms with Crippen molar-refractivity contribution in [3.05, 3.63) is 30.3 Å². The lowest BCUT2D eigenvalue weighted by Gasteiger charge is -2.21. The Kier molecular flexibility index (Phi) is 5.40. The molecule has 1 amide bonds. The minimum atomic E-state index is 0.120. The van der Waals surface area contributed by atoms with Crippen LogP contribution >= 0.6 is 15.9 Å². The highest BCUT2D eigenvalue weighted by molar-refractivity contribution is 9.09. The van der Waals surface area contributed by atoms with Crippen LogP contribution in [0, 0.1) is 0 Å². The number of halogens is 1. The van der Waals surface area contributed by atoms with Crippen LogP contribution in [0.15, 0.2) is 30.3 Å². The van der Waals surface area contributed by atoms with Crippen LogP contribution < -0.4 is 4.90 Å². The smallest absolute Gasteiger partial charge is 0.237 e. The van der Waals surface area contributed by atoms with Crippen LogP contribution in [0.25, 0.3) is 0 Å². The third-order valence-corrected chi connectivity index (χ3v) is 2.70. The quantitative estimate of drug-likeness (QED) is 0.752. The number of para-hydroxylation sites is 1. The lowest BCUT2D eigenvalue weighted by molar-refractivity contribution is -0.116. The number of anilines is 1. The largest absolute Gasteiger partial charge is 0.312 e. The van der Waals surface area contributed by atoms with E-state index in [9.17, 15) is 4.79 Å². The normalized spacial score (nSPS) is 10.0. The molecule has 0 aliphatic carbocycles. The summed E-state index contributed by atoms with van der Waals surface area (Å²) in [7, 11) is 0. The number of nitrogens with zero attached hydrogens (tertiary/aromatic N) is 1. The number of carbonyl (C=O) groups is 1. The van der Waals surface area contributed by atoms with Gasteiger partial charge in [-0.1, -0.05) is 47.5 Å². The predicted octanol–water partition coefficient (Wildman–Crippen LogP) is 3.21. The molecule has 3 heteroatoms.